The Morgan fingerprint density at radius 2 is 0.511 bits per heavy atom. The Bertz CT molecular complexity index is 1740. The molecular formula is C71H138O17P2. The number of aliphatic hydroxyl groups is 1. The summed E-state index contributed by atoms with van der Waals surface area (Å²) in [5.41, 5.74) is 0. The number of hydrogen-bond acceptors (Lipinski definition) is 15. The Morgan fingerprint density at radius 1 is 0.300 bits per heavy atom. The van der Waals surface area contributed by atoms with Crippen LogP contribution in [0.4, 0.5) is 0 Å². The third-order valence-corrected chi connectivity index (χ3v) is 18.4. The topological polar surface area (TPSA) is 237 Å². The lowest BCUT2D eigenvalue weighted by Gasteiger charge is -2.21. The van der Waals surface area contributed by atoms with Crippen molar-refractivity contribution in [2.24, 2.45) is 5.92 Å². The van der Waals surface area contributed by atoms with Crippen LogP contribution in [0.2, 0.25) is 0 Å². The summed E-state index contributed by atoms with van der Waals surface area (Å²) in [6.07, 6.45) is 51.4. The van der Waals surface area contributed by atoms with Gasteiger partial charge in [0.1, 0.15) is 19.3 Å². The molecule has 0 aromatic heterocycles. The van der Waals surface area contributed by atoms with Gasteiger partial charge in [-0.25, -0.2) is 9.13 Å². The van der Waals surface area contributed by atoms with Crippen LogP contribution >= 0.6 is 15.6 Å². The first kappa shape index (κ1) is 88.1. The van der Waals surface area contributed by atoms with Gasteiger partial charge in [0.05, 0.1) is 26.4 Å². The van der Waals surface area contributed by atoms with E-state index in [4.69, 9.17) is 37.0 Å². The fourth-order valence-electron chi connectivity index (χ4n) is 10.8. The van der Waals surface area contributed by atoms with Gasteiger partial charge in [-0.2, -0.15) is 0 Å². The van der Waals surface area contributed by atoms with Gasteiger partial charge in [-0.3, -0.25) is 37.3 Å². The smallest absolute Gasteiger partial charge is 0.462 e. The van der Waals surface area contributed by atoms with Gasteiger partial charge in [-0.15, -0.1) is 0 Å². The average molecular weight is 1330 g/mol. The maximum absolute atomic E-state index is 13.0. The first-order valence-electron chi connectivity index (χ1n) is 37.1. The number of unbranched alkanes of at least 4 members (excludes halogenated alkanes) is 43. The standard InChI is InChI=1S/C71H138O17P2/c1-6-9-12-15-18-21-22-23-29-32-36-40-45-50-55-69(74)82-61-67(88-71(76)57-52-47-42-37-33-30-27-25-24-26-28-31-35-38-43-48-53-64(4)5)63-86-90(79,80)84-59-65(72)58-83-89(77,78)85-62-66(60-81-68(73)54-49-44-39-20-17-14-11-8-3)87-70(75)56-51-46-41-34-19-16-13-10-7-2/h64-67,72H,6-63H2,1-5H3,(H,77,78)(H,79,80)/t65-,66+,67+/m0/s1. The second-order valence-corrected chi connectivity index (χ2v) is 29.0. The van der Waals surface area contributed by atoms with Gasteiger partial charge in [-0.1, -0.05) is 317 Å². The van der Waals surface area contributed by atoms with Gasteiger partial charge in [0.2, 0.25) is 0 Å². The van der Waals surface area contributed by atoms with Crippen LogP contribution in [0.25, 0.3) is 0 Å². The van der Waals surface area contributed by atoms with Crippen LogP contribution in [0, 0.1) is 5.92 Å². The number of ether oxygens (including phenoxy) is 4. The van der Waals surface area contributed by atoms with Gasteiger partial charge in [0, 0.05) is 25.7 Å². The highest BCUT2D eigenvalue weighted by atomic mass is 31.2. The largest absolute Gasteiger partial charge is 0.472 e. The summed E-state index contributed by atoms with van der Waals surface area (Å²) in [6.45, 7) is 7.24. The summed E-state index contributed by atoms with van der Waals surface area (Å²) in [7, 11) is -9.89. The minimum atomic E-state index is -4.95. The molecule has 0 rings (SSSR count). The number of carbonyl (C=O) groups is 4. The molecular weight excluding hydrogens is 1190 g/mol. The molecule has 534 valence electrons. The maximum atomic E-state index is 13.0. The van der Waals surface area contributed by atoms with Crippen molar-refractivity contribution in [1.29, 1.82) is 0 Å². The Morgan fingerprint density at radius 3 is 0.756 bits per heavy atom. The highest BCUT2D eigenvalue weighted by Gasteiger charge is 2.30. The Kier molecular flexibility index (Phi) is 63.0. The monoisotopic (exact) mass is 1320 g/mol. The lowest BCUT2D eigenvalue weighted by molar-refractivity contribution is -0.161. The van der Waals surface area contributed by atoms with Gasteiger partial charge in [0.15, 0.2) is 12.2 Å². The van der Waals surface area contributed by atoms with Gasteiger partial charge in [-0.05, 0) is 31.6 Å². The molecule has 0 spiro atoms. The number of phosphoric ester groups is 2. The molecule has 0 aromatic rings. The van der Waals surface area contributed by atoms with Gasteiger partial charge in [0.25, 0.3) is 0 Å². The fraction of sp³-hybridized carbons (Fsp3) is 0.944. The molecule has 0 bridgehead atoms. The number of phosphoric acid groups is 2. The van der Waals surface area contributed by atoms with Crippen LogP contribution in [0.1, 0.15) is 369 Å². The lowest BCUT2D eigenvalue weighted by Crippen LogP contribution is -2.30. The van der Waals surface area contributed by atoms with Crippen LogP contribution in [0.3, 0.4) is 0 Å². The van der Waals surface area contributed by atoms with E-state index >= 15 is 0 Å². The molecule has 2 unspecified atom stereocenters. The van der Waals surface area contributed by atoms with Gasteiger partial charge >= 0.3 is 39.5 Å². The Labute approximate surface area is 549 Å². The Hall–Kier alpha value is -1.94. The molecule has 90 heavy (non-hydrogen) atoms. The van der Waals surface area contributed by atoms with Crippen LogP contribution < -0.4 is 0 Å². The molecule has 0 aromatic carbocycles. The number of aliphatic hydroxyl groups excluding tert-OH is 1. The molecule has 0 heterocycles. The zero-order valence-electron chi connectivity index (χ0n) is 58.3. The maximum Gasteiger partial charge on any atom is 0.472 e. The summed E-state index contributed by atoms with van der Waals surface area (Å²) >= 11 is 0. The molecule has 19 heteroatoms. The molecule has 3 N–H and O–H groups in total. The van der Waals surface area contributed by atoms with Crippen molar-refractivity contribution in [3.63, 3.8) is 0 Å². The van der Waals surface area contributed by atoms with Crippen molar-refractivity contribution >= 4 is 39.5 Å². The lowest BCUT2D eigenvalue weighted by atomic mass is 10.0. The number of esters is 4. The van der Waals surface area contributed by atoms with Crippen LogP contribution in [-0.4, -0.2) is 96.7 Å². The molecule has 5 atom stereocenters. The highest BCUT2D eigenvalue weighted by Crippen LogP contribution is 2.45. The summed E-state index contributed by atoms with van der Waals surface area (Å²) in [4.78, 5) is 72.4. The minimum absolute atomic E-state index is 0.106. The van der Waals surface area contributed by atoms with Crippen molar-refractivity contribution in [3.8, 4) is 0 Å². The molecule has 0 amide bonds. The van der Waals surface area contributed by atoms with Gasteiger partial charge < -0.3 is 33.8 Å². The first-order valence-corrected chi connectivity index (χ1v) is 40.1. The number of rotatable bonds is 71. The van der Waals surface area contributed by atoms with E-state index in [0.717, 1.165) is 102 Å². The van der Waals surface area contributed by atoms with Crippen molar-refractivity contribution in [2.45, 2.75) is 387 Å². The van der Waals surface area contributed by atoms with E-state index in [0.29, 0.717) is 25.7 Å². The number of carbonyl (C=O) groups excluding carboxylic acids is 4. The van der Waals surface area contributed by atoms with E-state index in [2.05, 4.69) is 34.6 Å². The van der Waals surface area contributed by atoms with Crippen molar-refractivity contribution < 1.29 is 80.2 Å². The SMILES string of the molecule is CCCCCCCCCCCCCCCCC(=O)OC[C@H](COP(=O)(O)OC[C@@H](O)COP(=O)(O)OC[C@@H](COC(=O)CCCCCCCCCC)OC(=O)CCCCCCCCCCC)OC(=O)CCCCCCCCCCCCCCCCCCC(C)C. The van der Waals surface area contributed by atoms with Crippen molar-refractivity contribution in [1.82, 2.24) is 0 Å². The molecule has 17 nitrogen and oxygen atoms in total. The zero-order chi connectivity index (χ0) is 66.3. The number of hydrogen-bond donors (Lipinski definition) is 3. The Balaban J connectivity index is 5.18. The summed E-state index contributed by atoms with van der Waals surface area (Å²) < 4.78 is 68.2. The molecule has 0 aliphatic rings. The fourth-order valence-corrected chi connectivity index (χ4v) is 12.4. The summed E-state index contributed by atoms with van der Waals surface area (Å²) in [5, 5.41) is 10.6. The van der Waals surface area contributed by atoms with E-state index in [9.17, 15) is 43.2 Å². The normalized spacial score (nSPS) is 14.1. The second-order valence-electron chi connectivity index (χ2n) is 26.1. The first-order chi connectivity index (χ1) is 43.5. The van der Waals surface area contributed by atoms with E-state index in [1.807, 2.05) is 0 Å². The van der Waals surface area contributed by atoms with E-state index < -0.39 is 97.5 Å². The predicted octanol–water partition coefficient (Wildman–Crippen LogP) is 20.5. The molecule has 0 aliphatic carbocycles. The van der Waals surface area contributed by atoms with Crippen molar-refractivity contribution in [3.05, 3.63) is 0 Å². The molecule has 0 saturated heterocycles. The van der Waals surface area contributed by atoms with Crippen LogP contribution in [0.15, 0.2) is 0 Å². The average Bonchev–Trinajstić information content (AvgIpc) is 3.71. The predicted molar refractivity (Wildman–Crippen MR) is 363 cm³/mol. The summed E-state index contributed by atoms with van der Waals surface area (Å²) in [6, 6.07) is 0. The van der Waals surface area contributed by atoms with Crippen molar-refractivity contribution in [2.75, 3.05) is 39.6 Å². The van der Waals surface area contributed by atoms with E-state index in [1.165, 1.54) is 186 Å². The van der Waals surface area contributed by atoms with Crippen LogP contribution in [0.5, 0.6) is 0 Å². The highest BCUT2D eigenvalue weighted by molar-refractivity contribution is 7.47. The molecule has 0 radical (unpaired) electrons. The van der Waals surface area contributed by atoms with E-state index in [1.54, 1.807) is 0 Å². The molecule has 0 aliphatic heterocycles. The zero-order valence-corrected chi connectivity index (χ0v) is 60.1. The minimum Gasteiger partial charge on any atom is -0.462 e. The third-order valence-electron chi connectivity index (χ3n) is 16.5. The second kappa shape index (κ2) is 64.4. The third kappa shape index (κ3) is 64.8. The van der Waals surface area contributed by atoms with E-state index in [-0.39, 0.29) is 25.7 Å². The van der Waals surface area contributed by atoms with Crippen LogP contribution in [-0.2, 0) is 65.4 Å². The molecule has 0 saturated carbocycles. The summed E-state index contributed by atoms with van der Waals surface area (Å²) in [5.74, 6) is -1.31. The quantitative estimate of drug-likeness (QED) is 0.0222. The molecule has 0 fully saturated rings.